The Kier molecular flexibility index (Phi) is 7.76. The van der Waals surface area contributed by atoms with Gasteiger partial charge in [-0.05, 0) is 63.8 Å². The van der Waals surface area contributed by atoms with Crippen LogP contribution in [-0.2, 0) is 18.9 Å². The molecule has 0 unspecified atom stereocenters. The molecular weight excluding hydrogens is 555 g/mol. The SMILES string of the molecule is CC(C)(F)Cn1cc(C(=O)N[C@@H]2CCC[C@H](Nc3cc(C(F)(F)F)nc4ccc(Cl)cc34)C2)c(C(F)(F)F)n1. The zero-order valence-corrected chi connectivity index (χ0v) is 21.6. The number of carbonyl (C=O) groups excluding carboxylic acids is 1. The number of benzene rings is 1. The fourth-order valence-electron chi connectivity index (χ4n) is 4.66. The van der Waals surface area contributed by atoms with E-state index in [-0.39, 0.29) is 17.6 Å². The van der Waals surface area contributed by atoms with Crippen molar-refractivity contribution in [3.8, 4) is 0 Å². The average molecular weight is 580 g/mol. The number of nitrogens with one attached hydrogen (secondary N) is 2. The Balaban J connectivity index is 1.54. The van der Waals surface area contributed by atoms with Gasteiger partial charge in [0.15, 0.2) is 5.69 Å². The van der Waals surface area contributed by atoms with E-state index in [1.54, 1.807) is 0 Å². The van der Waals surface area contributed by atoms with Crippen LogP contribution in [0.25, 0.3) is 10.9 Å². The normalized spacial score (nSPS) is 18.8. The van der Waals surface area contributed by atoms with Crippen molar-refractivity contribution < 1.29 is 35.5 Å². The lowest BCUT2D eigenvalue weighted by atomic mass is 9.90. The van der Waals surface area contributed by atoms with Gasteiger partial charge in [0.25, 0.3) is 5.91 Å². The maximum absolute atomic E-state index is 14.0. The Morgan fingerprint density at radius 3 is 2.38 bits per heavy atom. The molecule has 0 saturated heterocycles. The van der Waals surface area contributed by atoms with E-state index in [0.29, 0.717) is 29.7 Å². The summed E-state index contributed by atoms with van der Waals surface area (Å²) in [7, 11) is 0. The van der Waals surface area contributed by atoms with Gasteiger partial charge in [0.1, 0.15) is 11.4 Å². The predicted octanol–water partition coefficient (Wildman–Crippen LogP) is 7.02. The van der Waals surface area contributed by atoms with Gasteiger partial charge >= 0.3 is 12.4 Å². The standard InChI is InChI=1S/C25H25ClF7N5O/c1-23(2,27)12-38-11-17(21(37-38)25(31,32)33)22(39)35-15-5-3-4-14(9-15)34-19-10-20(24(28,29)30)36-18-7-6-13(26)8-16(18)19/h6-8,10-11,14-15H,3-5,9,12H2,1-2H3,(H,34,36)(H,35,39)/t14-,15+/m0/s1. The lowest BCUT2D eigenvalue weighted by molar-refractivity contribution is -0.142. The zero-order chi connectivity index (χ0) is 28.8. The minimum atomic E-state index is -4.94. The molecule has 6 nitrogen and oxygen atoms in total. The van der Waals surface area contributed by atoms with Gasteiger partial charge in [-0.1, -0.05) is 11.6 Å². The first kappa shape index (κ1) is 28.9. The predicted molar refractivity (Wildman–Crippen MR) is 131 cm³/mol. The molecule has 2 N–H and O–H groups in total. The molecule has 4 rings (SSSR count). The fraction of sp³-hybridized carbons (Fsp3) is 0.480. The zero-order valence-electron chi connectivity index (χ0n) is 20.9. The van der Waals surface area contributed by atoms with Crippen LogP contribution in [-0.4, -0.2) is 38.4 Å². The molecule has 3 aromatic rings. The van der Waals surface area contributed by atoms with Crippen molar-refractivity contribution in [2.24, 2.45) is 0 Å². The fourth-order valence-corrected chi connectivity index (χ4v) is 4.83. The smallest absolute Gasteiger partial charge is 0.382 e. The van der Waals surface area contributed by atoms with Crippen molar-refractivity contribution in [1.29, 1.82) is 0 Å². The molecular formula is C25H25ClF7N5O. The first-order chi connectivity index (χ1) is 18.0. The van der Waals surface area contributed by atoms with Crippen LogP contribution >= 0.6 is 11.6 Å². The summed E-state index contributed by atoms with van der Waals surface area (Å²) in [5.41, 5.74) is -4.86. The topological polar surface area (TPSA) is 71.8 Å². The number of carbonyl (C=O) groups is 1. The summed E-state index contributed by atoms with van der Waals surface area (Å²) >= 11 is 6.05. The highest BCUT2D eigenvalue weighted by Crippen LogP contribution is 2.36. The summed E-state index contributed by atoms with van der Waals surface area (Å²) < 4.78 is 95.8. The molecule has 0 aliphatic heterocycles. The molecule has 1 aliphatic carbocycles. The third kappa shape index (κ3) is 7.11. The van der Waals surface area contributed by atoms with Gasteiger partial charge in [-0.15, -0.1) is 0 Å². The third-order valence-electron chi connectivity index (χ3n) is 6.24. The van der Waals surface area contributed by atoms with E-state index >= 15 is 0 Å². The van der Waals surface area contributed by atoms with Crippen LogP contribution in [0.4, 0.5) is 36.4 Å². The summed E-state index contributed by atoms with van der Waals surface area (Å²) in [6.45, 7) is 1.87. The van der Waals surface area contributed by atoms with Crippen LogP contribution in [0.1, 0.15) is 61.3 Å². The Labute approximate surface area is 223 Å². The van der Waals surface area contributed by atoms with Crippen LogP contribution in [0.2, 0.25) is 5.02 Å². The first-order valence-corrected chi connectivity index (χ1v) is 12.5. The summed E-state index contributed by atoms with van der Waals surface area (Å²) in [6, 6.07) is 4.22. The van der Waals surface area contributed by atoms with Crippen LogP contribution in [0.15, 0.2) is 30.5 Å². The van der Waals surface area contributed by atoms with Gasteiger partial charge in [0.2, 0.25) is 0 Å². The molecule has 1 amide bonds. The molecule has 0 bridgehead atoms. The van der Waals surface area contributed by atoms with Gasteiger partial charge in [0.05, 0.1) is 17.6 Å². The summed E-state index contributed by atoms with van der Waals surface area (Å²) in [5, 5.41) is 9.73. The van der Waals surface area contributed by atoms with Crippen molar-refractivity contribution in [3.05, 3.63) is 52.4 Å². The number of aromatic nitrogens is 3. The van der Waals surface area contributed by atoms with Crippen molar-refractivity contribution in [1.82, 2.24) is 20.1 Å². The van der Waals surface area contributed by atoms with Crippen LogP contribution < -0.4 is 10.6 Å². The maximum Gasteiger partial charge on any atom is 0.435 e. The number of halogens is 8. The van der Waals surface area contributed by atoms with Crippen LogP contribution in [0.5, 0.6) is 0 Å². The van der Waals surface area contributed by atoms with E-state index in [0.717, 1.165) is 16.9 Å². The van der Waals surface area contributed by atoms with E-state index in [2.05, 4.69) is 20.7 Å². The van der Waals surface area contributed by atoms with Crippen molar-refractivity contribution in [2.45, 2.75) is 76.2 Å². The summed E-state index contributed by atoms with van der Waals surface area (Å²) in [4.78, 5) is 16.5. The monoisotopic (exact) mass is 579 g/mol. The number of amides is 1. The molecule has 39 heavy (non-hydrogen) atoms. The Bertz CT molecular complexity index is 1360. The molecule has 2 aromatic heterocycles. The number of alkyl halides is 7. The lowest BCUT2D eigenvalue weighted by Crippen LogP contribution is -2.42. The largest absolute Gasteiger partial charge is 0.435 e. The van der Waals surface area contributed by atoms with Gasteiger partial charge in [0, 0.05) is 34.4 Å². The number of hydrogen-bond donors (Lipinski definition) is 2. The number of nitrogens with zero attached hydrogens (tertiary/aromatic N) is 3. The molecule has 2 atom stereocenters. The molecule has 2 heterocycles. The third-order valence-corrected chi connectivity index (χ3v) is 6.48. The Hall–Kier alpha value is -3.09. The van der Waals surface area contributed by atoms with Gasteiger partial charge in [-0.3, -0.25) is 9.48 Å². The molecule has 14 heteroatoms. The average Bonchev–Trinajstić information content (AvgIpc) is 3.22. The minimum Gasteiger partial charge on any atom is -0.382 e. The second-order valence-electron chi connectivity index (χ2n) is 10.2. The molecule has 0 radical (unpaired) electrons. The van der Waals surface area contributed by atoms with Crippen molar-refractivity contribution in [2.75, 3.05) is 5.32 Å². The van der Waals surface area contributed by atoms with Crippen molar-refractivity contribution >= 4 is 34.1 Å². The van der Waals surface area contributed by atoms with E-state index in [4.69, 9.17) is 11.6 Å². The Morgan fingerprint density at radius 2 is 1.74 bits per heavy atom. The van der Waals surface area contributed by atoms with Gasteiger partial charge < -0.3 is 10.6 Å². The second kappa shape index (κ2) is 10.5. The number of hydrogen-bond acceptors (Lipinski definition) is 4. The molecule has 1 saturated carbocycles. The van der Waals surface area contributed by atoms with E-state index in [1.165, 1.54) is 32.0 Å². The molecule has 1 aliphatic rings. The highest BCUT2D eigenvalue weighted by atomic mass is 35.5. The minimum absolute atomic E-state index is 0.0885. The quantitative estimate of drug-likeness (QED) is 0.308. The number of anilines is 1. The second-order valence-corrected chi connectivity index (χ2v) is 10.6. The first-order valence-electron chi connectivity index (χ1n) is 12.1. The summed E-state index contributed by atoms with van der Waals surface area (Å²) in [6.07, 6.45) is -6.96. The summed E-state index contributed by atoms with van der Waals surface area (Å²) in [5.74, 6) is -1.02. The molecule has 1 aromatic carbocycles. The number of rotatable bonds is 6. The highest BCUT2D eigenvalue weighted by molar-refractivity contribution is 6.31. The number of fused-ring (bicyclic) bond motifs is 1. The van der Waals surface area contributed by atoms with E-state index in [9.17, 15) is 35.5 Å². The van der Waals surface area contributed by atoms with Gasteiger partial charge in [-0.2, -0.15) is 31.4 Å². The van der Waals surface area contributed by atoms with E-state index < -0.39 is 59.5 Å². The lowest BCUT2D eigenvalue weighted by Gasteiger charge is -2.31. The van der Waals surface area contributed by atoms with Crippen LogP contribution in [0, 0.1) is 0 Å². The maximum atomic E-state index is 14.0. The van der Waals surface area contributed by atoms with Gasteiger partial charge in [-0.25, -0.2) is 9.37 Å². The highest BCUT2D eigenvalue weighted by Gasteiger charge is 2.40. The number of pyridine rings is 1. The molecule has 212 valence electrons. The Morgan fingerprint density at radius 1 is 1.05 bits per heavy atom. The van der Waals surface area contributed by atoms with Crippen molar-refractivity contribution in [3.63, 3.8) is 0 Å². The molecule has 0 spiro atoms. The molecule has 1 fully saturated rings. The van der Waals surface area contributed by atoms with Crippen LogP contribution in [0.3, 0.4) is 0 Å². The van der Waals surface area contributed by atoms with E-state index in [1.807, 2.05) is 0 Å².